The summed E-state index contributed by atoms with van der Waals surface area (Å²) in [6, 6.07) is 11.2. The molecule has 4 heteroatoms. The first-order chi connectivity index (χ1) is 8.33. The fourth-order valence-electron chi connectivity index (χ4n) is 2.63. The molecule has 2 fully saturated rings. The first-order valence-electron chi connectivity index (χ1n) is 6.12. The molecule has 2 unspecified atom stereocenters. The zero-order valence-corrected chi connectivity index (χ0v) is 9.73. The summed E-state index contributed by atoms with van der Waals surface area (Å²) in [6.07, 6.45) is 0. The van der Waals surface area contributed by atoms with Gasteiger partial charge in [0, 0.05) is 31.7 Å². The van der Waals surface area contributed by atoms with Crippen molar-refractivity contribution in [2.45, 2.75) is 12.1 Å². The summed E-state index contributed by atoms with van der Waals surface area (Å²) < 4.78 is 0. The Labute approximate surface area is 101 Å². The Hall–Kier alpha value is -1.39. The van der Waals surface area contributed by atoms with E-state index in [0.29, 0.717) is 18.6 Å². The molecule has 3 rings (SSSR count). The molecule has 2 N–H and O–H groups in total. The topological polar surface area (TPSA) is 44.4 Å². The van der Waals surface area contributed by atoms with Gasteiger partial charge in [0.05, 0.1) is 6.54 Å². The van der Waals surface area contributed by atoms with Crippen molar-refractivity contribution in [1.82, 2.24) is 15.5 Å². The van der Waals surface area contributed by atoms with Crippen LogP contribution in [0.4, 0.5) is 0 Å². The number of rotatable bonds is 1. The number of carbonyl (C=O) groups is 1. The molecule has 1 amide bonds. The van der Waals surface area contributed by atoms with E-state index >= 15 is 0 Å². The average molecular weight is 231 g/mol. The molecular weight excluding hydrogens is 214 g/mol. The number of nitrogens with one attached hydrogen (secondary N) is 2. The summed E-state index contributed by atoms with van der Waals surface area (Å²) in [5, 5.41) is 6.47. The van der Waals surface area contributed by atoms with Crippen molar-refractivity contribution in [3.8, 4) is 0 Å². The van der Waals surface area contributed by atoms with Crippen LogP contribution in [0.1, 0.15) is 11.6 Å². The highest BCUT2D eigenvalue weighted by Gasteiger charge is 2.32. The molecule has 4 nitrogen and oxygen atoms in total. The fourth-order valence-corrected chi connectivity index (χ4v) is 2.63. The van der Waals surface area contributed by atoms with E-state index in [9.17, 15) is 4.79 Å². The van der Waals surface area contributed by atoms with Gasteiger partial charge in [-0.05, 0) is 5.56 Å². The third-order valence-electron chi connectivity index (χ3n) is 3.62. The molecular formula is C13H17N3O. The molecule has 90 valence electrons. The lowest BCUT2D eigenvalue weighted by atomic mass is 10.0. The van der Waals surface area contributed by atoms with Gasteiger partial charge in [-0.15, -0.1) is 0 Å². The number of carbonyl (C=O) groups excluding carboxylic acids is 1. The van der Waals surface area contributed by atoms with Crippen molar-refractivity contribution in [3.05, 3.63) is 35.9 Å². The minimum absolute atomic E-state index is 0.148. The minimum atomic E-state index is 0.148. The van der Waals surface area contributed by atoms with Crippen LogP contribution >= 0.6 is 0 Å². The molecule has 0 saturated carbocycles. The third-order valence-corrected chi connectivity index (χ3v) is 3.62. The zero-order chi connectivity index (χ0) is 11.7. The lowest BCUT2D eigenvalue weighted by Gasteiger charge is -2.42. The summed E-state index contributed by atoms with van der Waals surface area (Å²) in [6.45, 7) is 3.17. The molecule has 0 bridgehead atoms. The Morgan fingerprint density at radius 1 is 1.18 bits per heavy atom. The zero-order valence-electron chi connectivity index (χ0n) is 9.73. The average Bonchev–Trinajstić information content (AvgIpc) is 2.39. The van der Waals surface area contributed by atoms with Crippen molar-refractivity contribution in [1.29, 1.82) is 0 Å². The quantitative estimate of drug-likeness (QED) is 0.722. The molecule has 1 aromatic carbocycles. The SMILES string of the molecule is O=C1CN2CC(c3ccccc3)NCC2CN1. The fraction of sp³-hybridized carbons (Fsp3) is 0.462. The summed E-state index contributed by atoms with van der Waals surface area (Å²) in [5.41, 5.74) is 1.30. The second-order valence-corrected chi connectivity index (χ2v) is 4.76. The molecule has 2 heterocycles. The van der Waals surface area contributed by atoms with Gasteiger partial charge in [-0.1, -0.05) is 30.3 Å². The van der Waals surface area contributed by atoms with E-state index in [2.05, 4.69) is 39.8 Å². The Morgan fingerprint density at radius 3 is 2.82 bits per heavy atom. The Kier molecular flexibility index (Phi) is 2.82. The van der Waals surface area contributed by atoms with Gasteiger partial charge >= 0.3 is 0 Å². The molecule has 2 atom stereocenters. The summed E-state index contributed by atoms with van der Waals surface area (Å²) in [4.78, 5) is 13.7. The van der Waals surface area contributed by atoms with Gasteiger partial charge in [0.2, 0.25) is 5.91 Å². The van der Waals surface area contributed by atoms with Crippen LogP contribution in [-0.2, 0) is 4.79 Å². The van der Waals surface area contributed by atoms with Crippen molar-refractivity contribution in [2.24, 2.45) is 0 Å². The van der Waals surface area contributed by atoms with Crippen molar-refractivity contribution in [2.75, 3.05) is 26.2 Å². The number of piperazine rings is 2. The van der Waals surface area contributed by atoms with E-state index in [4.69, 9.17) is 0 Å². The Balaban J connectivity index is 1.72. The third kappa shape index (κ3) is 2.18. The highest BCUT2D eigenvalue weighted by Crippen LogP contribution is 2.20. The maximum Gasteiger partial charge on any atom is 0.234 e. The van der Waals surface area contributed by atoms with Gasteiger partial charge in [-0.3, -0.25) is 9.69 Å². The molecule has 0 spiro atoms. The van der Waals surface area contributed by atoms with Gasteiger partial charge in [0.25, 0.3) is 0 Å². The Morgan fingerprint density at radius 2 is 2.00 bits per heavy atom. The lowest BCUT2D eigenvalue weighted by molar-refractivity contribution is -0.126. The molecule has 0 aromatic heterocycles. The van der Waals surface area contributed by atoms with E-state index in [-0.39, 0.29) is 5.91 Å². The summed E-state index contributed by atoms with van der Waals surface area (Å²) >= 11 is 0. The second-order valence-electron chi connectivity index (χ2n) is 4.76. The maximum atomic E-state index is 11.4. The van der Waals surface area contributed by atoms with Crippen molar-refractivity contribution in [3.63, 3.8) is 0 Å². The Bertz CT molecular complexity index is 406. The highest BCUT2D eigenvalue weighted by molar-refractivity contribution is 5.78. The van der Waals surface area contributed by atoms with Crippen LogP contribution in [0.15, 0.2) is 30.3 Å². The predicted molar refractivity (Wildman–Crippen MR) is 65.6 cm³/mol. The molecule has 2 saturated heterocycles. The van der Waals surface area contributed by atoms with Crippen LogP contribution in [-0.4, -0.2) is 43.0 Å². The van der Waals surface area contributed by atoms with Gasteiger partial charge < -0.3 is 10.6 Å². The number of hydrogen-bond donors (Lipinski definition) is 2. The van der Waals surface area contributed by atoms with Crippen molar-refractivity contribution >= 4 is 5.91 Å². The minimum Gasteiger partial charge on any atom is -0.353 e. The van der Waals surface area contributed by atoms with Crippen LogP contribution in [0, 0.1) is 0 Å². The number of hydrogen-bond acceptors (Lipinski definition) is 3. The van der Waals surface area contributed by atoms with E-state index in [1.54, 1.807) is 0 Å². The van der Waals surface area contributed by atoms with Crippen LogP contribution in [0.5, 0.6) is 0 Å². The maximum absolute atomic E-state index is 11.4. The number of amides is 1. The summed E-state index contributed by atoms with van der Waals surface area (Å²) in [7, 11) is 0. The van der Waals surface area contributed by atoms with E-state index < -0.39 is 0 Å². The number of fused-ring (bicyclic) bond motifs is 1. The molecule has 1 aromatic rings. The van der Waals surface area contributed by atoms with Crippen LogP contribution in [0.2, 0.25) is 0 Å². The smallest absolute Gasteiger partial charge is 0.234 e. The number of benzene rings is 1. The summed E-state index contributed by atoms with van der Waals surface area (Å²) in [5.74, 6) is 0.148. The molecule has 2 aliphatic heterocycles. The van der Waals surface area contributed by atoms with Crippen LogP contribution in [0.3, 0.4) is 0 Å². The van der Waals surface area contributed by atoms with Gasteiger partial charge in [0.15, 0.2) is 0 Å². The van der Waals surface area contributed by atoms with E-state index in [1.807, 2.05) is 6.07 Å². The van der Waals surface area contributed by atoms with Gasteiger partial charge in [-0.25, -0.2) is 0 Å². The predicted octanol–water partition coefficient (Wildman–Crippen LogP) is 0.131. The van der Waals surface area contributed by atoms with Gasteiger partial charge in [0.1, 0.15) is 0 Å². The lowest BCUT2D eigenvalue weighted by Crippen LogP contribution is -2.62. The molecule has 2 aliphatic rings. The van der Waals surface area contributed by atoms with Gasteiger partial charge in [-0.2, -0.15) is 0 Å². The van der Waals surface area contributed by atoms with Crippen LogP contribution in [0.25, 0.3) is 0 Å². The first-order valence-corrected chi connectivity index (χ1v) is 6.12. The van der Waals surface area contributed by atoms with Crippen LogP contribution < -0.4 is 10.6 Å². The molecule has 0 radical (unpaired) electrons. The second kappa shape index (κ2) is 4.47. The number of nitrogens with zero attached hydrogens (tertiary/aromatic N) is 1. The first kappa shape index (κ1) is 10.7. The van der Waals surface area contributed by atoms with E-state index in [0.717, 1.165) is 19.6 Å². The van der Waals surface area contributed by atoms with E-state index in [1.165, 1.54) is 5.56 Å². The largest absolute Gasteiger partial charge is 0.353 e. The monoisotopic (exact) mass is 231 g/mol. The standard InChI is InChI=1S/C13H17N3O/c17-13-9-16-8-12(10-4-2-1-3-5-10)14-6-11(16)7-15-13/h1-5,11-12,14H,6-9H2,(H,15,17). The molecule has 17 heavy (non-hydrogen) atoms. The normalized spacial score (nSPS) is 29.5. The highest BCUT2D eigenvalue weighted by atomic mass is 16.2. The van der Waals surface area contributed by atoms with Crippen molar-refractivity contribution < 1.29 is 4.79 Å². The molecule has 0 aliphatic carbocycles.